The maximum absolute atomic E-state index is 9.16. The average Bonchev–Trinajstić information content (AvgIpc) is 2.52. The molecule has 0 atom stereocenters. The van der Waals surface area contributed by atoms with Gasteiger partial charge in [0.15, 0.2) is 11.6 Å². The van der Waals surface area contributed by atoms with Crippen LogP contribution in [0, 0.1) is 0 Å². The molecule has 0 saturated heterocycles. The molecule has 0 saturated carbocycles. The minimum Gasteiger partial charge on any atom is -0.505 e. The molecule has 0 aliphatic heterocycles. The number of aromatic nitrogens is 3. The van der Waals surface area contributed by atoms with Gasteiger partial charge < -0.3 is 9.84 Å². The predicted molar refractivity (Wildman–Crippen MR) is 81.2 cm³/mol. The Morgan fingerprint density at radius 2 is 1.71 bits per heavy atom. The maximum Gasteiger partial charge on any atom is 0.178 e. The van der Waals surface area contributed by atoms with E-state index in [1.807, 2.05) is 12.1 Å². The number of pyridine rings is 1. The molecule has 0 aromatic carbocycles. The van der Waals surface area contributed by atoms with Crippen LogP contribution in [0.1, 0.15) is 39.0 Å². The number of hydrogen-bond acceptors (Lipinski definition) is 5. The third kappa shape index (κ3) is 5.02. The summed E-state index contributed by atoms with van der Waals surface area (Å²) in [6, 6.07) is 3.68. The van der Waals surface area contributed by atoms with Gasteiger partial charge in [-0.3, -0.25) is 0 Å². The van der Waals surface area contributed by atoms with E-state index in [0.717, 1.165) is 18.8 Å². The summed E-state index contributed by atoms with van der Waals surface area (Å²) < 4.78 is 5.65. The van der Waals surface area contributed by atoms with Crippen molar-refractivity contribution < 1.29 is 9.84 Å². The zero-order valence-electron chi connectivity index (χ0n) is 12.3. The van der Waals surface area contributed by atoms with Crippen LogP contribution in [0.4, 0.5) is 0 Å². The lowest BCUT2D eigenvalue weighted by molar-refractivity contribution is 0.303. The number of ether oxygens (including phenoxy) is 1. The summed E-state index contributed by atoms with van der Waals surface area (Å²) in [5.41, 5.74) is 0.658. The Hall–Kier alpha value is -2.17. The minimum absolute atomic E-state index is 0.0433. The molecule has 1 N–H and O–H groups in total. The summed E-state index contributed by atoms with van der Waals surface area (Å²) in [5, 5.41) is 9.16. The van der Waals surface area contributed by atoms with E-state index in [1.54, 1.807) is 6.20 Å². The van der Waals surface area contributed by atoms with Crippen molar-refractivity contribution in [1.82, 2.24) is 15.0 Å². The predicted octanol–water partition coefficient (Wildman–Crippen LogP) is 3.59. The highest BCUT2D eigenvalue weighted by Crippen LogP contribution is 2.17. The molecule has 112 valence electrons. The monoisotopic (exact) mass is 287 g/mol. The van der Waals surface area contributed by atoms with Crippen molar-refractivity contribution in [1.29, 1.82) is 0 Å². The summed E-state index contributed by atoms with van der Waals surface area (Å²) in [5.74, 6) is 1.29. The molecule has 0 bridgehead atoms. The van der Waals surface area contributed by atoms with Crippen LogP contribution in [-0.2, 0) is 0 Å². The van der Waals surface area contributed by atoms with Crippen molar-refractivity contribution in [2.75, 3.05) is 6.61 Å². The molecule has 2 heterocycles. The number of unbranched alkanes of at least 4 members (excludes halogenated alkanes) is 4. The van der Waals surface area contributed by atoms with Crippen molar-refractivity contribution in [3.63, 3.8) is 0 Å². The molecule has 5 nitrogen and oxygen atoms in total. The summed E-state index contributed by atoms with van der Waals surface area (Å²) in [7, 11) is 0. The lowest BCUT2D eigenvalue weighted by Crippen LogP contribution is -1.98. The Kier molecular flexibility index (Phi) is 5.94. The highest BCUT2D eigenvalue weighted by atomic mass is 16.5. The van der Waals surface area contributed by atoms with E-state index in [-0.39, 0.29) is 5.75 Å². The Morgan fingerprint density at radius 1 is 0.952 bits per heavy atom. The molecule has 2 aromatic heterocycles. The minimum atomic E-state index is 0.0433. The topological polar surface area (TPSA) is 68.1 Å². The van der Waals surface area contributed by atoms with E-state index in [0.29, 0.717) is 11.5 Å². The highest BCUT2D eigenvalue weighted by molar-refractivity contribution is 5.49. The van der Waals surface area contributed by atoms with Crippen LogP contribution < -0.4 is 4.74 Å². The van der Waals surface area contributed by atoms with Crippen LogP contribution in [0.2, 0.25) is 0 Å². The molecule has 2 rings (SSSR count). The van der Waals surface area contributed by atoms with E-state index in [2.05, 4.69) is 21.9 Å². The fourth-order valence-electron chi connectivity index (χ4n) is 1.95. The second-order valence-corrected chi connectivity index (χ2v) is 4.91. The fraction of sp³-hybridized carbons (Fsp3) is 0.438. The molecule has 2 aromatic rings. The number of nitrogens with zero attached hydrogens (tertiary/aromatic N) is 3. The Labute approximate surface area is 125 Å². The second-order valence-electron chi connectivity index (χ2n) is 4.91. The van der Waals surface area contributed by atoms with Gasteiger partial charge in [-0.2, -0.15) is 0 Å². The molecular formula is C16H21N3O2. The molecule has 0 fully saturated rings. The van der Waals surface area contributed by atoms with Gasteiger partial charge in [0.2, 0.25) is 0 Å². The molecule has 0 aliphatic carbocycles. The summed E-state index contributed by atoms with van der Waals surface area (Å²) in [4.78, 5) is 12.3. The summed E-state index contributed by atoms with van der Waals surface area (Å²) in [6.45, 7) is 2.93. The van der Waals surface area contributed by atoms with Crippen LogP contribution >= 0.6 is 0 Å². The smallest absolute Gasteiger partial charge is 0.178 e. The van der Waals surface area contributed by atoms with E-state index in [4.69, 9.17) is 9.84 Å². The first-order chi connectivity index (χ1) is 10.3. The van der Waals surface area contributed by atoms with Crippen LogP contribution in [-0.4, -0.2) is 26.7 Å². The van der Waals surface area contributed by atoms with Gasteiger partial charge in [0.1, 0.15) is 11.4 Å². The van der Waals surface area contributed by atoms with Crippen LogP contribution in [0.25, 0.3) is 11.5 Å². The van der Waals surface area contributed by atoms with E-state index >= 15 is 0 Å². The zero-order valence-corrected chi connectivity index (χ0v) is 12.3. The fourth-order valence-corrected chi connectivity index (χ4v) is 1.95. The SMILES string of the molecule is CCCCCCCOc1ccc(-c2ncc(O)cn2)nc1. The molecule has 0 unspecified atom stereocenters. The van der Waals surface area contributed by atoms with Crippen molar-refractivity contribution in [2.24, 2.45) is 0 Å². The van der Waals surface area contributed by atoms with Gasteiger partial charge in [-0.25, -0.2) is 15.0 Å². The third-order valence-corrected chi connectivity index (χ3v) is 3.12. The summed E-state index contributed by atoms with van der Waals surface area (Å²) in [6.07, 6.45) is 10.5. The Morgan fingerprint density at radius 3 is 2.38 bits per heavy atom. The van der Waals surface area contributed by atoms with Crippen LogP contribution in [0.5, 0.6) is 11.5 Å². The Bertz CT molecular complexity index is 526. The van der Waals surface area contributed by atoms with Gasteiger partial charge in [0.05, 0.1) is 25.2 Å². The molecule has 0 spiro atoms. The number of rotatable bonds is 8. The summed E-state index contributed by atoms with van der Waals surface area (Å²) >= 11 is 0. The second kappa shape index (κ2) is 8.19. The molecular weight excluding hydrogens is 266 g/mol. The van der Waals surface area contributed by atoms with E-state index in [9.17, 15) is 0 Å². The van der Waals surface area contributed by atoms with Crippen LogP contribution in [0.3, 0.4) is 0 Å². The van der Waals surface area contributed by atoms with Crippen molar-refractivity contribution in [3.8, 4) is 23.0 Å². The van der Waals surface area contributed by atoms with Gasteiger partial charge in [-0.1, -0.05) is 32.6 Å². The lowest BCUT2D eigenvalue weighted by Gasteiger charge is -2.06. The van der Waals surface area contributed by atoms with Gasteiger partial charge in [-0.15, -0.1) is 0 Å². The van der Waals surface area contributed by atoms with Crippen molar-refractivity contribution in [2.45, 2.75) is 39.0 Å². The molecule has 5 heteroatoms. The van der Waals surface area contributed by atoms with E-state index in [1.165, 1.54) is 38.1 Å². The van der Waals surface area contributed by atoms with Crippen molar-refractivity contribution >= 4 is 0 Å². The number of aromatic hydroxyl groups is 1. The first-order valence-corrected chi connectivity index (χ1v) is 7.40. The van der Waals surface area contributed by atoms with Gasteiger partial charge in [0, 0.05) is 0 Å². The molecule has 0 aliphatic rings. The third-order valence-electron chi connectivity index (χ3n) is 3.12. The van der Waals surface area contributed by atoms with Gasteiger partial charge in [-0.05, 0) is 18.6 Å². The van der Waals surface area contributed by atoms with E-state index < -0.39 is 0 Å². The number of hydrogen-bond donors (Lipinski definition) is 1. The largest absolute Gasteiger partial charge is 0.505 e. The maximum atomic E-state index is 9.16. The standard InChI is InChI=1S/C16H21N3O2/c1-2-3-4-5-6-9-21-14-7-8-15(17-12-14)16-18-10-13(20)11-19-16/h7-8,10-12,20H,2-6,9H2,1H3. The quantitative estimate of drug-likeness (QED) is 0.751. The zero-order chi connectivity index (χ0) is 14.9. The van der Waals surface area contributed by atoms with Gasteiger partial charge in [0.25, 0.3) is 0 Å². The molecule has 0 amide bonds. The van der Waals surface area contributed by atoms with Crippen molar-refractivity contribution in [3.05, 3.63) is 30.7 Å². The molecule has 21 heavy (non-hydrogen) atoms. The van der Waals surface area contributed by atoms with Gasteiger partial charge >= 0.3 is 0 Å². The normalized spacial score (nSPS) is 10.5. The average molecular weight is 287 g/mol. The first kappa shape index (κ1) is 15.2. The first-order valence-electron chi connectivity index (χ1n) is 7.40. The molecule has 0 radical (unpaired) electrons. The highest BCUT2D eigenvalue weighted by Gasteiger charge is 2.03. The Balaban J connectivity index is 1.80. The van der Waals surface area contributed by atoms with Crippen LogP contribution in [0.15, 0.2) is 30.7 Å². The lowest BCUT2D eigenvalue weighted by atomic mass is 10.2.